The molecule has 0 fully saturated rings. The molecule has 0 bridgehead atoms. The van der Waals surface area contributed by atoms with E-state index in [1.54, 1.807) is 11.0 Å². The molecule has 5 nitrogen and oxygen atoms in total. The minimum Gasteiger partial charge on any atom is -0.332 e. The number of fused-ring (bicyclic) bond motifs is 1. The molecule has 3 rings (SSSR count). The Labute approximate surface area is 117 Å². The van der Waals surface area contributed by atoms with Crippen molar-refractivity contribution in [1.29, 1.82) is 0 Å². The number of aromatic amines is 2. The van der Waals surface area contributed by atoms with Gasteiger partial charge in [-0.25, -0.2) is 0 Å². The summed E-state index contributed by atoms with van der Waals surface area (Å²) in [7, 11) is 0. The maximum Gasteiger partial charge on any atom is 0.267 e. The van der Waals surface area contributed by atoms with Gasteiger partial charge in [0, 0.05) is 16.6 Å². The first-order chi connectivity index (χ1) is 9.16. The van der Waals surface area contributed by atoms with Crippen LogP contribution in [-0.2, 0) is 13.0 Å². The molecule has 2 heterocycles. The van der Waals surface area contributed by atoms with E-state index in [2.05, 4.69) is 26.1 Å². The zero-order valence-corrected chi connectivity index (χ0v) is 11.7. The fourth-order valence-corrected chi connectivity index (χ4v) is 2.77. The van der Waals surface area contributed by atoms with Crippen LogP contribution in [0.5, 0.6) is 0 Å². The minimum absolute atomic E-state index is 0.0276. The molecule has 0 saturated heterocycles. The summed E-state index contributed by atoms with van der Waals surface area (Å²) in [6, 6.07) is 7.35. The van der Waals surface area contributed by atoms with Crippen LogP contribution in [0.4, 0.5) is 0 Å². The topological polar surface area (TPSA) is 69.0 Å². The summed E-state index contributed by atoms with van der Waals surface area (Å²) in [6.45, 7) is 1.00. The van der Waals surface area contributed by atoms with Gasteiger partial charge < -0.3 is 10.00 Å². The lowest BCUT2D eigenvalue weighted by Crippen LogP contribution is -2.37. The molecule has 0 radical (unpaired) electrons. The fraction of sp³-hybridized carbons (Fsp3) is 0.231. The van der Waals surface area contributed by atoms with Crippen LogP contribution < -0.4 is 5.56 Å². The molecule has 0 saturated carbocycles. The number of hydrogen-bond donors (Lipinski definition) is 2. The molecule has 0 spiro atoms. The van der Waals surface area contributed by atoms with Crippen molar-refractivity contribution in [2.75, 3.05) is 6.54 Å². The summed E-state index contributed by atoms with van der Waals surface area (Å²) in [5.41, 5.74) is 2.12. The lowest BCUT2D eigenvalue weighted by atomic mass is 10.1. The van der Waals surface area contributed by atoms with E-state index in [1.807, 2.05) is 18.2 Å². The number of nitrogens with one attached hydrogen (secondary N) is 2. The maximum atomic E-state index is 12.4. The Kier molecular flexibility index (Phi) is 3.02. The lowest BCUT2D eigenvalue weighted by Gasteiger charge is -2.26. The van der Waals surface area contributed by atoms with Gasteiger partial charge in [-0.15, -0.1) is 0 Å². The van der Waals surface area contributed by atoms with Gasteiger partial charge in [-0.05, 0) is 34.5 Å². The minimum atomic E-state index is -0.0806. The first-order valence-electron chi connectivity index (χ1n) is 5.99. The van der Waals surface area contributed by atoms with E-state index in [4.69, 9.17) is 0 Å². The Morgan fingerprint density at radius 3 is 2.84 bits per heavy atom. The number of carbonyl (C=O) groups excluding carboxylic acids is 1. The highest BCUT2D eigenvalue weighted by Gasteiger charge is 2.25. The van der Waals surface area contributed by atoms with E-state index in [9.17, 15) is 9.59 Å². The molecule has 19 heavy (non-hydrogen) atoms. The Morgan fingerprint density at radius 2 is 2.05 bits per heavy atom. The van der Waals surface area contributed by atoms with Crippen LogP contribution in [0.15, 0.2) is 33.5 Å². The van der Waals surface area contributed by atoms with E-state index in [0.717, 1.165) is 15.7 Å². The molecule has 2 aromatic rings. The van der Waals surface area contributed by atoms with Crippen molar-refractivity contribution < 1.29 is 4.79 Å². The molecule has 0 atom stereocenters. The van der Waals surface area contributed by atoms with E-state index >= 15 is 0 Å². The summed E-state index contributed by atoms with van der Waals surface area (Å²) in [4.78, 5) is 25.6. The molecule has 1 amide bonds. The molecule has 6 heteroatoms. The average Bonchev–Trinajstić information content (AvgIpc) is 2.80. The Morgan fingerprint density at radius 1 is 1.26 bits per heavy atom. The summed E-state index contributed by atoms with van der Waals surface area (Å²) in [5, 5.41) is 5.40. The second-order valence-electron chi connectivity index (χ2n) is 4.49. The third-order valence-electron chi connectivity index (χ3n) is 3.34. The van der Waals surface area contributed by atoms with Crippen molar-refractivity contribution in [2.45, 2.75) is 13.0 Å². The van der Waals surface area contributed by atoms with Gasteiger partial charge in [0.15, 0.2) is 0 Å². The van der Waals surface area contributed by atoms with E-state index in [1.165, 1.54) is 0 Å². The monoisotopic (exact) mass is 321 g/mol. The number of hydrogen-bond acceptors (Lipinski definition) is 2. The molecular weight excluding hydrogens is 310 g/mol. The highest BCUT2D eigenvalue weighted by atomic mass is 79.9. The lowest BCUT2D eigenvalue weighted by molar-refractivity contribution is 0.0731. The summed E-state index contributed by atoms with van der Waals surface area (Å²) in [5.74, 6) is -0.0276. The second kappa shape index (κ2) is 4.70. The highest BCUT2D eigenvalue weighted by Crippen LogP contribution is 2.21. The number of benzene rings is 1. The predicted octanol–water partition coefficient (Wildman–Crippen LogP) is 1.66. The highest BCUT2D eigenvalue weighted by molar-refractivity contribution is 9.10. The average molecular weight is 322 g/mol. The number of H-pyrrole nitrogens is 2. The first kappa shape index (κ1) is 12.2. The van der Waals surface area contributed by atoms with Crippen molar-refractivity contribution in [3.8, 4) is 0 Å². The normalized spacial score (nSPS) is 14.3. The smallest absolute Gasteiger partial charge is 0.267 e. The van der Waals surface area contributed by atoms with Gasteiger partial charge in [-0.2, -0.15) is 0 Å². The molecule has 2 N–H and O–H groups in total. The van der Waals surface area contributed by atoms with Gasteiger partial charge >= 0.3 is 0 Å². The number of carbonyl (C=O) groups is 1. The largest absolute Gasteiger partial charge is 0.332 e. The van der Waals surface area contributed by atoms with Crippen molar-refractivity contribution in [1.82, 2.24) is 15.1 Å². The maximum absolute atomic E-state index is 12.4. The van der Waals surface area contributed by atoms with Gasteiger partial charge in [-0.1, -0.05) is 12.1 Å². The van der Waals surface area contributed by atoms with Crippen molar-refractivity contribution in [3.05, 3.63) is 55.9 Å². The zero-order valence-electron chi connectivity index (χ0n) is 10.1. The number of nitrogens with zero attached hydrogens (tertiary/aromatic N) is 1. The zero-order chi connectivity index (χ0) is 13.4. The van der Waals surface area contributed by atoms with Gasteiger partial charge in [0.05, 0.1) is 17.8 Å². The standard InChI is InChI=1S/C13H12BrN3O2/c14-10-4-2-1-3-8(10)13(19)17-6-5-9-11(7-17)15-16-12(9)18/h1-4H,5-7H2,(H2,15,16,18). The third kappa shape index (κ3) is 2.12. The van der Waals surface area contributed by atoms with Crippen molar-refractivity contribution in [3.63, 3.8) is 0 Å². The molecule has 0 unspecified atom stereocenters. The number of halogens is 1. The fourth-order valence-electron chi connectivity index (χ4n) is 2.31. The van der Waals surface area contributed by atoms with Crippen LogP contribution in [0.3, 0.4) is 0 Å². The van der Waals surface area contributed by atoms with Crippen molar-refractivity contribution >= 4 is 21.8 Å². The Bertz CT molecular complexity index is 689. The Hall–Kier alpha value is -1.82. The summed E-state index contributed by atoms with van der Waals surface area (Å²) in [6.07, 6.45) is 0.588. The van der Waals surface area contributed by atoms with Crippen LogP contribution in [0.1, 0.15) is 21.6 Å². The Balaban J connectivity index is 1.88. The number of aromatic nitrogens is 2. The SMILES string of the molecule is O=C(c1ccccc1Br)N1CCc2c([nH][nH]c2=O)C1. The number of amides is 1. The molecular formula is C13H12BrN3O2. The van der Waals surface area contributed by atoms with Crippen LogP contribution in [-0.4, -0.2) is 27.5 Å². The van der Waals surface area contributed by atoms with Gasteiger partial charge in [0.2, 0.25) is 0 Å². The van der Waals surface area contributed by atoms with Gasteiger partial charge in [-0.3, -0.25) is 14.7 Å². The van der Waals surface area contributed by atoms with E-state index in [-0.39, 0.29) is 11.5 Å². The summed E-state index contributed by atoms with van der Waals surface area (Å²) < 4.78 is 0.786. The van der Waals surface area contributed by atoms with Crippen LogP contribution >= 0.6 is 15.9 Å². The molecule has 1 aromatic carbocycles. The van der Waals surface area contributed by atoms with E-state index in [0.29, 0.717) is 25.1 Å². The van der Waals surface area contributed by atoms with Gasteiger partial charge in [0.1, 0.15) is 0 Å². The van der Waals surface area contributed by atoms with Crippen molar-refractivity contribution in [2.24, 2.45) is 0 Å². The van der Waals surface area contributed by atoms with E-state index < -0.39 is 0 Å². The molecule has 1 aliphatic rings. The molecule has 98 valence electrons. The van der Waals surface area contributed by atoms with Crippen LogP contribution in [0, 0.1) is 0 Å². The van der Waals surface area contributed by atoms with Crippen LogP contribution in [0.2, 0.25) is 0 Å². The van der Waals surface area contributed by atoms with Crippen LogP contribution in [0.25, 0.3) is 0 Å². The number of rotatable bonds is 1. The molecule has 1 aromatic heterocycles. The predicted molar refractivity (Wildman–Crippen MR) is 74.0 cm³/mol. The summed E-state index contributed by atoms with van der Waals surface area (Å²) >= 11 is 3.39. The second-order valence-corrected chi connectivity index (χ2v) is 5.35. The molecule has 1 aliphatic heterocycles. The quantitative estimate of drug-likeness (QED) is 0.838. The molecule has 0 aliphatic carbocycles. The third-order valence-corrected chi connectivity index (χ3v) is 4.03. The first-order valence-corrected chi connectivity index (χ1v) is 6.78. The van der Waals surface area contributed by atoms with Gasteiger partial charge in [0.25, 0.3) is 11.5 Å².